The molecule has 1 aliphatic rings. The van der Waals surface area contributed by atoms with E-state index in [1.807, 2.05) is 12.3 Å². The summed E-state index contributed by atoms with van der Waals surface area (Å²) >= 11 is 6.00. The van der Waals surface area contributed by atoms with Gasteiger partial charge in [-0.3, -0.25) is 9.59 Å². The number of amides is 1. The van der Waals surface area contributed by atoms with Crippen LogP contribution in [0.25, 0.3) is 11.0 Å². The molecule has 1 amide bonds. The lowest BCUT2D eigenvalue weighted by atomic mass is 9.74. The average molecular weight is 514 g/mol. The van der Waals surface area contributed by atoms with E-state index in [4.69, 9.17) is 16.3 Å². The maximum atomic E-state index is 13.7. The average Bonchev–Trinajstić information content (AvgIpc) is 3.31. The second-order valence-corrected chi connectivity index (χ2v) is 10.7. The Hall–Kier alpha value is -3.17. The van der Waals surface area contributed by atoms with Crippen LogP contribution in [-0.2, 0) is 14.3 Å². The number of aromatic amines is 1. The number of nitrogens with one attached hydrogen (secondary N) is 2. The van der Waals surface area contributed by atoms with Crippen molar-refractivity contribution in [2.75, 3.05) is 24.6 Å². The van der Waals surface area contributed by atoms with Crippen LogP contribution in [0.15, 0.2) is 42.9 Å². The van der Waals surface area contributed by atoms with Crippen LogP contribution in [0.2, 0.25) is 5.02 Å². The van der Waals surface area contributed by atoms with Crippen molar-refractivity contribution in [2.24, 2.45) is 5.41 Å². The molecule has 4 rings (SSSR count). The topological polar surface area (TPSA) is 120 Å². The molecule has 1 aromatic carbocycles. The number of esters is 1. The summed E-state index contributed by atoms with van der Waals surface area (Å²) in [5.41, 5.74) is -0.163. The Morgan fingerprint density at radius 3 is 2.53 bits per heavy atom. The Bertz CT molecular complexity index is 1210. The minimum absolute atomic E-state index is 0.0496. The molecule has 0 radical (unpaired) electrons. The van der Waals surface area contributed by atoms with Crippen LogP contribution >= 0.6 is 11.6 Å². The molecule has 1 atom stereocenters. The highest BCUT2D eigenvalue weighted by Gasteiger charge is 2.45. The molecule has 0 bridgehead atoms. The summed E-state index contributed by atoms with van der Waals surface area (Å²) in [6.45, 7) is 6.18. The predicted molar refractivity (Wildman–Crippen MR) is 138 cm³/mol. The van der Waals surface area contributed by atoms with Crippen molar-refractivity contribution < 1.29 is 19.4 Å². The van der Waals surface area contributed by atoms with Crippen LogP contribution < -0.4 is 10.2 Å². The second-order valence-electron chi connectivity index (χ2n) is 10.2. The number of aliphatic hydroxyl groups excluding tert-OH is 1. The highest BCUT2D eigenvalue weighted by Crippen LogP contribution is 2.39. The molecule has 1 fully saturated rings. The molecule has 0 saturated carbocycles. The number of aromatic nitrogens is 3. The fraction of sp³-hybridized carbons (Fsp3) is 0.462. The van der Waals surface area contributed by atoms with Crippen LogP contribution in [0.3, 0.4) is 0 Å². The Kier molecular flexibility index (Phi) is 7.51. The number of hydrogen-bond donors (Lipinski definition) is 3. The molecule has 192 valence electrons. The Labute approximate surface area is 215 Å². The van der Waals surface area contributed by atoms with Crippen molar-refractivity contribution >= 4 is 40.3 Å². The number of piperidine rings is 1. The Morgan fingerprint density at radius 2 is 1.89 bits per heavy atom. The molecular weight excluding hydrogens is 482 g/mol. The van der Waals surface area contributed by atoms with Crippen LogP contribution in [0.1, 0.15) is 51.6 Å². The monoisotopic (exact) mass is 513 g/mol. The SMILES string of the molecule is CC(C)(C)OC(=O)CC1(C(=O)NC(CO)c2ccc(Cl)cc2)CCN(c2ncnc3[nH]ccc23)CC1. The first kappa shape index (κ1) is 25.9. The Balaban J connectivity index is 1.56. The van der Waals surface area contributed by atoms with Gasteiger partial charge in [-0.15, -0.1) is 0 Å². The molecule has 2 aromatic heterocycles. The number of H-pyrrole nitrogens is 1. The third-order valence-electron chi connectivity index (χ3n) is 6.50. The first-order chi connectivity index (χ1) is 17.1. The number of aliphatic hydroxyl groups is 1. The molecule has 3 N–H and O–H groups in total. The maximum absolute atomic E-state index is 13.7. The van der Waals surface area contributed by atoms with Crippen molar-refractivity contribution in [1.29, 1.82) is 0 Å². The molecule has 36 heavy (non-hydrogen) atoms. The summed E-state index contributed by atoms with van der Waals surface area (Å²) in [5.74, 6) is 0.0895. The number of fused-ring (bicyclic) bond motifs is 1. The zero-order chi connectivity index (χ0) is 25.9. The zero-order valence-corrected chi connectivity index (χ0v) is 21.5. The van der Waals surface area contributed by atoms with Gasteiger partial charge < -0.3 is 25.0 Å². The van der Waals surface area contributed by atoms with Gasteiger partial charge in [-0.25, -0.2) is 9.97 Å². The number of benzene rings is 1. The van der Waals surface area contributed by atoms with Gasteiger partial charge in [0.05, 0.1) is 29.9 Å². The molecule has 3 aromatic rings. The first-order valence-electron chi connectivity index (χ1n) is 12.0. The van der Waals surface area contributed by atoms with Gasteiger partial charge in [-0.05, 0) is 57.4 Å². The van der Waals surface area contributed by atoms with Gasteiger partial charge in [-0.2, -0.15) is 0 Å². The Morgan fingerprint density at radius 1 is 1.19 bits per heavy atom. The van der Waals surface area contributed by atoms with Gasteiger partial charge in [0.15, 0.2) is 0 Å². The highest BCUT2D eigenvalue weighted by molar-refractivity contribution is 6.30. The quantitative estimate of drug-likeness (QED) is 0.411. The van der Waals surface area contributed by atoms with E-state index in [2.05, 4.69) is 25.2 Å². The molecule has 0 spiro atoms. The minimum atomic E-state index is -0.983. The standard InChI is InChI=1S/C26H32ClN5O4/c1-25(2,3)36-21(34)14-26(24(35)31-20(15-33)17-4-6-18(27)7-5-17)9-12-32(13-10-26)23-19-8-11-28-22(19)29-16-30-23/h4-8,11,16,20,33H,9-10,12-15H2,1-3H3,(H,31,35)(H,28,29,30). The summed E-state index contributed by atoms with van der Waals surface area (Å²) in [6.07, 6.45) is 4.13. The van der Waals surface area contributed by atoms with Gasteiger partial charge in [-0.1, -0.05) is 23.7 Å². The summed E-state index contributed by atoms with van der Waals surface area (Å²) in [6, 6.07) is 8.27. The van der Waals surface area contributed by atoms with Gasteiger partial charge in [0, 0.05) is 24.3 Å². The van der Waals surface area contributed by atoms with Crippen molar-refractivity contribution in [3.05, 3.63) is 53.4 Å². The molecule has 0 aliphatic carbocycles. The number of anilines is 1. The van der Waals surface area contributed by atoms with Gasteiger partial charge in [0.25, 0.3) is 0 Å². The molecule has 10 heteroatoms. The van der Waals surface area contributed by atoms with E-state index in [1.165, 1.54) is 6.33 Å². The van der Waals surface area contributed by atoms with Crippen LogP contribution in [-0.4, -0.2) is 57.2 Å². The van der Waals surface area contributed by atoms with Gasteiger partial charge in [0.1, 0.15) is 23.4 Å². The summed E-state index contributed by atoms with van der Waals surface area (Å²) in [7, 11) is 0. The smallest absolute Gasteiger partial charge is 0.307 e. The molecular formula is C26H32ClN5O4. The highest BCUT2D eigenvalue weighted by atomic mass is 35.5. The van der Waals surface area contributed by atoms with Crippen LogP contribution in [0.4, 0.5) is 5.82 Å². The van der Waals surface area contributed by atoms with E-state index in [-0.39, 0.29) is 18.9 Å². The van der Waals surface area contributed by atoms with Gasteiger partial charge >= 0.3 is 5.97 Å². The fourth-order valence-corrected chi connectivity index (χ4v) is 4.76. The third kappa shape index (κ3) is 5.79. The summed E-state index contributed by atoms with van der Waals surface area (Å²) in [4.78, 5) is 40.6. The van der Waals surface area contributed by atoms with E-state index in [0.717, 1.165) is 22.4 Å². The first-order valence-corrected chi connectivity index (χ1v) is 12.4. The van der Waals surface area contributed by atoms with Crippen LogP contribution in [0, 0.1) is 5.41 Å². The third-order valence-corrected chi connectivity index (χ3v) is 6.75. The number of rotatable bonds is 7. The zero-order valence-electron chi connectivity index (χ0n) is 20.8. The second kappa shape index (κ2) is 10.4. The largest absolute Gasteiger partial charge is 0.460 e. The fourth-order valence-electron chi connectivity index (χ4n) is 4.64. The predicted octanol–water partition coefficient (Wildman–Crippen LogP) is 3.78. The number of ether oxygens (including phenoxy) is 1. The van der Waals surface area contributed by atoms with Crippen molar-refractivity contribution in [3.8, 4) is 0 Å². The molecule has 3 heterocycles. The number of nitrogens with zero attached hydrogens (tertiary/aromatic N) is 3. The normalized spacial score (nSPS) is 16.5. The molecule has 1 aliphatic heterocycles. The van der Waals surface area contributed by atoms with E-state index in [0.29, 0.717) is 31.0 Å². The molecule has 9 nitrogen and oxygen atoms in total. The number of carbonyl (C=O) groups is 2. The van der Waals surface area contributed by atoms with E-state index in [1.54, 1.807) is 45.0 Å². The van der Waals surface area contributed by atoms with Crippen LogP contribution in [0.5, 0.6) is 0 Å². The van der Waals surface area contributed by atoms with Crippen molar-refractivity contribution in [3.63, 3.8) is 0 Å². The van der Waals surface area contributed by atoms with Crippen molar-refractivity contribution in [1.82, 2.24) is 20.3 Å². The lowest BCUT2D eigenvalue weighted by Gasteiger charge is -2.41. The lowest BCUT2D eigenvalue weighted by Crippen LogP contribution is -2.51. The van der Waals surface area contributed by atoms with E-state index >= 15 is 0 Å². The molecule has 1 saturated heterocycles. The van der Waals surface area contributed by atoms with Crippen molar-refractivity contribution in [2.45, 2.75) is 51.7 Å². The van der Waals surface area contributed by atoms with E-state index in [9.17, 15) is 14.7 Å². The number of halogens is 1. The molecule has 1 unspecified atom stereocenters. The minimum Gasteiger partial charge on any atom is -0.460 e. The lowest BCUT2D eigenvalue weighted by molar-refractivity contribution is -0.161. The maximum Gasteiger partial charge on any atom is 0.307 e. The number of carbonyl (C=O) groups excluding carboxylic acids is 2. The summed E-state index contributed by atoms with van der Waals surface area (Å²) < 4.78 is 5.58. The van der Waals surface area contributed by atoms with E-state index < -0.39 is 23.0 Å². The summed E-state index contributed by atoms with van der Waals surface area (Å²) in [5, 5.41) is 14.5. The van der Waals surface area contributed by atoms with Gasteiger partial charge in [0.2, 0.25) is 5.91 Å². The number of hydrogen-bond acceptors (Lipinski definition) is 7.